The number of aliphatic carboxylic acids is 1. The van der Waals surface area contributed by atoms with Gasteiger partial charge in [-0.25, -0.2) is 23.1 Å². The molecule has 0 atom stereocenters. The molecule has 1 aromatic heterocycles. The Kier molecular flexibility index (Phi) is 5.88. The van der Waals surface area contributed by atoms with E-state index in [0.717, 1.165) is 5.56 Å². The standard InChI is InChI=1S/C20H15F3N2O3/c21-13-9-16(22)19(17(23)10-13)20-24-8-7-14(25-20)11-28-15-4-1-12(2-5-15)3-6-18(26)27/h1-2,4-5,7-10H,3,6,11H2,(H,26,27). The van der Waals surface area contributed by atoms with Crippen LogP contribution in [0.2, 0.25) is 0 Å². The van der Waals surface area contributed by atoms with E-state index in [1.807, 2.05) is 0 Å². The van der Waals surface area contributed by atoms with Crippen LogP contribution < -0.4 is 4.74 Å². The van der Waals surface area contributed by atoms with Gasteiger partial charge in [0, 0.05) is 24.8 Å². The summed E-state index contributed by atoms with van der Waals surface area (Å²) < 4.78 is 46.5. The molecule has 8 heteroatoms. The predicted octanol–water partition coefficient (Wildman–Crippen LogP) is 4.16. The van der Waals surface area contributed by atoms with Crippen LogP contribution in [0.15, 0.2) is 48.7 Å². The van der Waals surface area contributed by atoms with Crippen LogP contribution in [0.1, 0.15) is 17.7 Å². The summed E-state index contributed by atoms with van der Waals surface area (Å²) in [4.78, 5) is 18.5. The first-order valence-electron chi connectivity index (χ1n) is 8.33. The van der Waals surface area contributed by atoms with Gasteiger partial charge in [-0.1, -0.05) is 12.1 Å². The third kappa shape index (κ3) is 4.85. The summed E-state index contributed by atoms with van der Waals surface area (Å²) in [5.41, 5.74) is 0.732. The zero-order valence-corrected chi connectivity index (χ0v) is 14.5. The van der Waals surface area contributed by atoms with E-state index in [1.54, 1.807) is 24.3 Å². The van der Waals surface area contributed by atoms with Crippen molar-refractivity contribution in [1.29, 1.82) is 0 Å². The smallest absolute Gasteiger partial charge is 0.303 e. The Labute approximate surface area is 158 Å². The zero-order valence-electron chi connectivity index (χ0n) is 14.5. The largest absolute Gasteiger partial charge is 0.487 e. The molecule has 0 bridgehead atoms. The lowest BCUT2D eigenvalue weighted by molar-refractivity contribution is -0.136. The van der Waals surface area contributed by atoms with E-state index >= 15 is 0 Å². The van der Waals surface area contributed by atoms with Crippen LogP contribution in [0, 0.1) is 17.5 Å². The van der Waals surface area contributed by atoms with Crippen molar-refractivity contribution in [3.63, 3.8) is 0 Å². The fourth-order valence-electron chi connectivity index (χ4n) is 2.51. The molecule has 0 unspecified atom stereocenters. The number of aromatic nitrogens is 2. The topological polar surface area (TPSA) is 72.3 Å². The molecule has 1 N–H and O–H groups in total. The molecule has 3 rings (SSSR count). The summed E-state index contributed by atoms with van der Waals surface area (Å²) in [7, 11) is 0. The lowest BCUT2D eigenvalue weighted by atomic mass is 10.1. The van der Waals surface area contributed by atoms with Gasteiger partial charge in [0.2, 0.25) is 0 Å². The molecule has 0 amide bonds. The normalized spacial score (nSPS) is 10.7. The summed E-state index contributed by atoms with van der Waals surface area (Å²) in [6, 6.07) is 9.56. The number of nitrogens with zero attached hydrogens (tertiary/aromatic N) is 2. The molecule has 144 valence electrons. The van der Waals surface area contributed by atoms with Gasteiger partial charge in [-0.2, -0.15) is 0 Å². The number of ether oxygens (including phenoxy) is 1. The van der Waals surface area contributed by atoms with Crippen molar-refractivity contribution in [1.82, 2.24) is 9.97 Å². The molecule has 0 radical (unpaired) electrons. The van der Waals surface area contributed by atoms with Gasteiger partial charge in [0.15, 0.2) is 5.82 Å². The summed E-state index contributed by atoms with van der Waals surface area (Å²) in [5.74, 6) is -3.75. The molecule has 0 spiro atoms. The Bertz CT molecular complexity index is 971. The number of carboxylic acids is 1. The molecule has 0 aliphatic carbocycles. The van der Waals surface area contributed by atoms with Crippen LogP contribution >= 0.6 is 0 Å². The van der Waals surface area contributed by atoms with Gasteiger partial charge < -0.3 is 9.84 Å². The fourth-order valence-corrected chi connectivity index (χ4v) is 2.51. The Hall–Kier alpha value is -3.42. The van der Waals surface area contributed by atoms with Crippen molar-refractivity contribution < 1.29 is 27.8 Å². The molecular weight excluding hydrogens is 373 g/mol. The van der Waals surface area contributed by atoms with Crippen LogP contribution in [0.5, 0.6) is 5.75 Å². The second kappa shape index (κ2) is 8.51. The molecule has 0 saturated carbocycles. The van der Waals surface area contributed by atoms with Crippen LogP contribution in [-0.4, -0.2) is 21.0 Å². The maximum atomic E-state index is 13.9. The van der Waals surface area contributed by atoms with Crippen molar-refractivity contribution in [2.45, 2.75) is 19.4 Å². The monoisotopic (exact) mass is 388 g/mol. The lowest BCUT2D eigenvalue weighted by Crippen LogP contribution is -2.03. The van der Waals surface area contributed by atoms with Crippen LogP contribution in [0.3, 0.4) is 0 Å². The van der Waals surface area contributed by atoms with Crippen LogP contribution in [0.25, 0.3) is 11.4 Å². The fraction of sp³-hybridized carbons (Fsp3) is 0.150. The van der Waals surface area contributed by atoms with Crippen LogP contribution in [-0.2, 0) is 17.8 Å². The van der Waals surface area contributed by atoms with E-state index < -0.39 is 29.0 Å². The minimum atomic E-state index is -1.09. The Balaban J connectivity index is 1.69. The van der Waals surface area contributed by atoms with Gasteiger partial charge in [-0.15, -0.1) is 0 Å². The molecule has 0 aliphatic rings. The van der Waals surface area contributed by atoms with E-state index in [1.165, 1.54) is 12.3 Å². The van der Waals surface area contributed by atoms with E-state index in [9.17, 15) is 18.0 Å². The number of aryl methyl sites for hydroxylation is 1. The molecule has 28 heavy (non-hydrogen) atoms. The highest BCUT2D eigenvalue weighted by Crippen LogP contribution is 2.24. The second-order valence-corrected chi connectivity index (χ2v) is 5.94. The highest BCUT2D eigenvalue weighted by atomic mass is 19.1. The van der Waals surface area contributed by atoms with Crippen LogP contribution in [0.4, 0.5) is 13.2 Å². The van der Waals surface area contributed by atoms with Gasteiger partial charge in [0.05, 0.1) is 11.3 Å². The minimum Gasteiger partial charge on any atom is -0.487 e. The molecule has 0 fully saturated rings. The maximum Gasteiger partial charge on any atom is 0.303 e. The van der Waals surface area contributed by atoms with Crippen molar-refractivity contribution in [3.05, 3.63) is 77.4 Å². The van der Waals surface area contributed by atoms with Crippen molar-refractivity contribution >= 4 is 5.97 Å². The number of hydrogen-bond acceptors (Lipinski definition) is 4. The summed E-state index contributed by atoms with van der Waals surface area (Å²) >= 11 is 0. The van der Waals surface area contributed by atoms with E-state index in [0.29, 0.717) is 30.0 Å². The molecule has 0 saturated heterocycles. The number of rotatable bonds is 7. The second-order valence-electron chi connectivity index (χ2n) is 5.94. The van der Waals surface area contributed by atoms with Gasteiger partial charge >= 0.3 is 5.97 Å². The number of carboxylic acid groups (broad SMARTS) is 1. The van der Waals surface area contributed by atoms with Gasteiger partial charge in [-0.05, 0) is 30.2 Å². The molecule has 2 aromatic carbocycles. The van der Waals surface area contributed by atoms with Gasteiger partial charge in [-0.3, -0.25) is 4.79 Å². The van der Waals surface area contributed by atoms with E-state index in [2.05, 4.69) is 9.97 Å². The molecule has 3 aromatic rings. The van der Waals surface area contributed by atoms with E-state index in [4.69, 9.17) is 9.84 Å². The maximum absolute atomic E-state index is 13.9. The first-order chi connectivity index (χ1) is 13.4. The summed E-state index contributed by atoms with van der Waals surface area (Å²) in [6.45, 7) is 0.0222. The average Bonchev–Trinajstić information content (AvgIpc) is 2.65. The highest BCUT2D eigenvalue weighted by molar-refractivity contribution is 5.67. The molecule has 0 aliphatic heterocycles. The predicted molar refractivity (Wildman–Crippen MR) is 94.1 cm³/mol. The molecule has 5 nitrogen and oxygen atoms in total. The number of carbonyl (C=O) groups is 1. The van der Waals surface area contributed by atoms with E-state index in [-0.39, 0.29) is 18.9 Å². The zero-order chi connectivity index (χ0) is 20.1. The van der Waals surface area contributed by atoms with Gasteiger partial charge in [0.25, 0.3) is 0 Å². The van der Waals surface area contributed by atoms with Crippen molar-refractivity contribution in [2.75, 3.05) is 0 Å². The lowest BCUT2D eigenvalue weighted by Gasteiger charge is -2.09. The summed E-state index contributed by atoms with van der Waals surface area (Å²) in [6.07, 6.45) is 1.79. The third-order valence-corrected chi connectivity index (χ3v) is 3.88. The molecular formula is C20H15F3N2O3. The molecule has 1 heterocycles. The van der Waals surface area contributed by atoms with Gasteiger partial charge in [0.1, 0.15) is 29.8 Å². The highest BCUT2D eigenvalue weighted by Gasteiger charge is 2.16. The first-order valence-corrected chi connectivity index (χ1v) is 8.33. The Morgan fingerprint density at radius 1 is 1.04 bits per heavy atom. The summed E-state index contributed by atoms with van der Waals surface area (Å²) in [5, 5.41) is 8.69. The van der Waals surface area contributed by atoms with Crippen molar-refractivity contribution in [3.8, 4) is 17.1 Å². The SMILES string of the molecule is O=C(O)CCc1ccc(OCc2ccnc(-c3c(F)cc(F)cc3F)n2)cc1. The number of halogens is 3. The number of hydrogen-bond donors (Lipinski definition) is 1. The average molecular weight is 388 g/mol. The first kappa shape index (κ1) is 19.3. The Morgan fingerprint density at radius 2 is 1.71 bits per heavy atom. The Morgan fingerprint density at radius 3 is 2.36 bits per heavy atom. The minimum absolute atomic E-state index is 0.0222. The van der Waals surface area contributed by atoms with Crippen molar-refractivity contribution in [2.24, 2.45) is 0 Å². The third-order valence-electron chi connectivity index (χ3n) is 3.88. The quantitative estimate of drug-likeness (QED) is 0.658. The number of benzene rings is 2.